The maximum atomic E-state index is 12.9. The molecule has 0 atom stereocenters. The second kappa shape index (κ2) is 9.84. The summed E-state index contributed by atoms with van der Waals surface area (Å²) in [5.74, 6) is 2.89. The fourth-order valence-corrected chi connectivity index (χ4v) is 4.03. The Morgan fingerprint density at radius 1 is 1.12 bits per heavy atom. The molecule has 1 saturated heterocycles. The van der Waals surface area contributed by atoms with Gasteiger partial charge >= 0.3 is 0 Å². The molecule has 6 nitrogen and oxygen atoms in total. The molecular weight excluding hydrogens is 428 g/mol. The van der Waals surface area contributed by atoms with Gasteiger partial charge in [-0.05, 0) is 60.4 Å². The summed E-state index contributed by atoms with van der Waals surface area (Å²) in [4.78, 5) is 17.0. The van der Waals surface area contributed by atoms with Crippen LogP contribution in [0.5, 0.6) is 5.75 Å². The Morgan fingerprint density at radius 3 is 2.59 bits per heavy atom. The van der Waals surface area contributed by atoms with Crippen LogP contribution in [0, 0.1) is 6.92 Å². The van der Waals surface area contributed by atoms with Gasteiger partial charge in [0, 0.05) is 31.2 Å². The third kappa shape index (κ3) is 5.19. The molecule has 3 aromatic rings. The van der Waals surface area contributed by atoms with Gasteiger partial charge in [0.1, 0.15) is 23.9 Å². The topological polar surface area (TPSA) is 59.1 Å². The van der Waals surface area contributed by atoms with Crippen LogP contribution in [0.2, 0.25) is 5.02 Å². The van der Waals surface area contributed by atoms with Crippen molar-refractivity contribution in [1.82, 2.24) is 9.80 Å². The number of amides is 1. The van der Waals surface area contributed by atoms with Crippen LogP contribution in [0.4, 0.5) is 0 Å². The number of rotatable bonds is 7. The number of benzene rings is 1. The SMILES string of the molecule is Cc1cc(OCc2ccc(C(=O)N3CCN(Cc4ccco4)CC3)o2)c(C(C)C)cc1Cl. The summed E-state index contributed by atoms with van der Waals surface area (Å²) in [5, 5.41) is 0.733. The van der Waals surface area contributed by atoms with Crippen LogP contribution in [0.1, 0.15) is 53.0 Å². The van der Waals surface area contributed by atoms with E-state index in [0.717, 1.165) is 47.3 Å². The quantitative estimate of drug-likeness (QED) is 0.470. The molecule has 170 valence electrons. The first-order chi connectivity index (χ1) is 15.4. The number of aryl methyl sites for hydroxylation is 1. The Balaban J connectivity index is 1.33. The van der Waals surface area contributed by atoms with Crippen molar-refractivity contribution in [2.45, 2.75) is 39.8 Å². The van der Waals surface area contributed by atoms with Gasteiger partial charge < -0.3 is 18.5 Å². The largest absolute Gasteiger partial charge is 0.485 e. The van der Waals surface area contributed by atoms with Gasteiger partial charge in [0.25, 0.3) is 5.91 Å². The van der Waals surface area contributed by atoms with E-state index in [9.17, 15) is 4.79 Å². The molecule has 7 heteroatoms. The van der Waals surface area contributed by atoms with E-state index in [1.807, 2.05) is 36.1 Å². The molecule has 0 saturated carbocycles. The zero-order valence-electron chi connectivity index (χ0n) is 18.8. The summed E-state index contributed by atoms with van der Waals surface area (Å²) in [6, 6.07) is 11.3. The van der Waals surface area contributed by atoms with Gasteiger partial charge in [0.05, 0.1) is 12.8 Å². The lowest BCUT2D eigenvalue weighted by molar-refractivity contribution is 0.0586. The molecule has 0 bridgehead atoms. The summed E-state index contributed by atoms with van der Waals surface area (Å²) in [5.41, 5.74) is 2.02. The van der Waals surface area contributed by atoms with Crippen LogP contribution >= 0.6 is 11.6 Å². The van der Waals surface area contributed by atoms with Crippen molar-refractivity contribution in [2.24, 2.45) is 0 Å². The smallest absolute Gasteiger partial charge is 0.289 e. The third-order valence-corrected chi connectivity index (χ3v) is 6.18. The number of piperazine rings is 1. The van der Waals surface area contributed by atoms with E-state index in [0.29, 0.717) is 24.6 Å². The molecule has 2 aromatic heterocycles. The maximum absolute atomic E-state index is 12.9. The number of halogens is 1. The number of carbonyl (C=O) groups is 1. The van der Waals surface area contributed by atoms with E-state index in [4.69, 9.17) is 25.2 Å². The van der Waals surface area contributed by atoms with Gasteiger partial charge in [-0.2, -0.15) is 0 Å². The highest BCUT2D eigenvalue weighted by molar-refractivity contribution is 6.31. The Labute approximate surface area is 193 Å². The highest BCUT2D eigenvalue weighted by atomic mass is 35.5. The van der Waals surface area contributed by atoms with Crippen molar-refractivity contribution in [1.29, 1.82) is 0 Å². The number of ether oxygens (including phenoxy) is 1. The molecule has 1 aromatic carbocycles. The first-order valence-corrected chi connectivity index (χ1v) is 11.3. The van der Waals surface area contributed by atoms with Crippen LogP contribution in [0.25, 0.3) is 0 Å². The van der Waals surface area contributed by atoms with Gasteiger partial charge in [-0.3, -0.25) is 9.69 Å². The number of hydrogen-bond acceptors (Lipinski definition) is 5. The number of furan rings is 2. The molecule has 1 aliphatic heterocycles. The van der Waals surface area contributed by atoms with Crippen LogP contribution in [-0.2, 0) is 13.2 Å². The lowest BCUT2D eigenvalue weighted by Crippen LogP contribution is -2.48. The second-order valence-corrected chi connectivity index (χ2v) is 8.90. The Hall–Kier alpha value is -2.70. The molecule has 0 unspecified atom stereocenters. The molecule has 1 fully saturated rings. The second-order valence-electron chi connectivity index (χ2n) is 8.50. The van der Waals surface area contributed by atoms with Crippen molar-refractivity contribution in [3.63, 3.8) is 0 Å². The van der Waals surface area contributed by atoms with E-state index >= 15 is 0 Å². The van der Waals surface area contributed by atoms with Crippen LogP contribution in [-0.4, -0.2) is 41.9 Å². The summed E-state index contributed by atoms with van der Waals surface area (Å²) < 4.78 is 17.3. The van der Waals surface area contributed by atoms with Crippen LogP contribution < -0.4 is 4.74 Å². The first kappa shape index (κ1) is 22.5. The molecule has 1 aliphatic rings. The third-order valence-electron chi connectivity index (χ3n) is 5.77. The maximum Gasteiger partial charge on any atom is 0.289 e. The van der Waals surface area contributed by atoms with Gasteiger partial charge in [-0.15, -0.1) is 0 Å². The highest BCUT2D eigenvalue weighted by Gasteiger charge is 2.25. The van der Waals surface area contributed by atoms with E-state index in [2.05, 4.69) is 18.7 Å². The van der Waals surface area contributed by atoms with Crippen molar-refractivity contribution < 1.29 is 18.4 Å². The Bertz CT molecular complexity index is 1050. The fraction of sp³-hybridized carbons (Fsp3) is 0.400. The molecular formula is C25H29ClN2O4. The zero-order valence-corrected chi connectivity index (χ0v) is 19.5. The summed E-state index contributed by atoms with van der Waals surface area (Å²) in [7, 11) is 0. The molecule has 0 N–H and O–H groups in total. The molecule has 0 aliphatic carbocycles. The lowest BCUT2D eigenvalue weighted by atomic mass is 10.0. The van der Waals surface area contributed by atoms with E-state index in [-0.39, 0.29) is 18.4 Å². The van der Waals surface area contributed by atoms with Gasteiger partial charge in [-0.25, -0.2) is 0 Å². The van der Waals surface area contributed by atoms with Crippen molar-refractivity contribution in [2.75, 3.05) is 26.2 Å². The monoisotopic (exact) mass is 456 g/mol. The standard InChI is InChI=1S/C25H29ClN2O4/c1-17(2)21-14-22(26)18(3)13-24(21)31-16-20-6-7-23(32-20)25(29)28-10-8-27(9-11-28)15-19-5-4-12-30-19/h4-7,12-14,17H,8-11,15-16H2,1-3H3. The van der Waals surface area contributed by atoms with E-state index in [1.165, 1.54) is 0 Å². The predicted molar refractivity (Wildman–Crippen MR) is 123 cm³/mol. The first-order valence-electron chi connectivity index (χ1n) is 11.0. The van der Waals surface area contributed by atoms with Crippen molar-refractivity contribution in [3.8, 4) is 5.75 Å². The van der Waals surface area contributed by atoms with Gasteiger partial charge in [-0.1, -0.05) is 25.4 Å². The molecule has 0 spiro atoms. The summed E-state index contributed by atoms with van der Waals surface area (Å²) in [6.45, 7) is 10.1. The summed E-state index contributed by atoms with van der Waals surface area (Å²) >= 11 is 6.28. The van der Waals surface area contributed by atoms with E-state index < -0.39 is 0 Å². The normalized spacial score (nSPS) is 14.8. The molecule has 32 heavy (non-hydrogen) atoms. The van der Waals surface area contributed by atoms with Crippen LogP contribution in [0.3, 0.4) is 0 Å². The van der Waals surface area contributed by atoms with Crippen LogP contribution in [0.15, 0.2) is 51.5 Å². The predicted octanol–water partition coefficient (Wildman–Crippen LogP) is 5.49. The number of hydrogen-bond donors (Lipinski definition) is 0. The Kier molecular flexibility index (Phi) is 6.92. The van der Waals surface area contributed by atoms with Gasteiger partial charge in [0.15, 0.2) is 5.76 Å². The minimum absolute atomic E-state index is 0.0842. The minimum Gasteiger partial charge on any atom is -0.485 e. The Morgan fingerprint density at radius 2 is 1.91 bits per heavy atom. The fourth-order valence-electron chi connectivity index (χ4n) is 3.85. The van der Waals surface area contributed by atoms with Gasteiger partial charge in [0.2, 0.25) is 0 Å². The van der Waals surface area contributed by atoms with Crippen molar-refractivity contribution >= 4 is 17.5 Å². The zero-order chi connectivity index (χ0) is 22.7. The molecule has 0 radical (unpaired) electrons. The average Bonchev–Trinajstić information content (AvgIpc) is 3.46. The average molecular weight is 457 g/mol. The van der Waals surface area contributed by atoms with Crippen molar-refractivity contribution in [3.05, 3.63) is 76.1 Å². The summed E-state index contributed by atoms with van der Waals surface area (Å²) in [6.07, 6.45) is 1.69. The molecule has 4 rings (SSSR count). The minimum atomic E-state index is -0.0842. The number of carbonyl (C=O) groups excluding carboxylic acids is 1. The van der Waals surface area contributed by atoms with E-state index in [1.54, 1.807) is 18.4 Å². The number of nitrogens with zero attached hydrogens (tertiary/aromatic N) is 2. The molecule has 3 heterocycles. The molecule has 1 amide bonds. The lowest BCUT2D eigenvalue weighted by Gasteiger charge is -2.33. The highest BCUT2D eigenvalue weighted by Crippen LogP contribution is 2.32.